The van der Waals surface area contributed by atoms with Gasteiger partial charge in [-0.3, -0.25) is 14.4 Å². The summed E-state index contributed by atoms with van der Waals surface area (Å²) < 4.78 is 16.8. The first-order chi connectivity index (χ1) is 32.0. The second kappa shape index (κ2) is 53.5. The molecule has 0 aromatic rings. The number of rotatable bonds is 49. The van der Waals surface area contributed by atoms with Crippen molar-refractivity contribution >= 4 is 17.9 Å². The van der Waals surface area contributed by atoms with Gasteiger partial charge in [0.15, 0.2) is 6.10 Å². The van der Waals surface area contributed by atoms with Crippen molar-refractivity contribution in [1.29, 1.82) is 0 Å². The lowest BCUT2D eigenvalue weighted by Gasteiger charge is -2.18. The topological polar surface area (TPSA) is 78.9 Å². The van der Waals surface area contributed by atoms with Crippen LogP contribution in [0.5, 0.6) is 0 Å². The Labute approximate surface area is 402 Å². The van der Waals surface area contributed by atoms with Gasteiger partial charge in [-0.1, -0.05) is 235 Å². The number of ether oxygens (including phenoxy) is 3. The van der Waals surface area contributed by atoms with Gasteiger partial charge in [-0.25, -0.2) is 0 Å². The Morgan fingerprint density at radius 1 is 0.323 bits per heavy atom. The third-order valence-corrected chi connectivity index (χ3v) is 11.7. The van der Waals surface area contributed by atoms with E-state index in [1.165, 1.54) is 135 Å². The first kappa shape index (κ1) is 61.9. The summed E-state index contributed by atoms with van der Waals surface area (Å²) in [6, 6.07) is 0. The molecule has 0 aliphatic heterocycles. The van der Waals surface area contributed by atoms with E-state index in [1.54, 1.807) is 0 Å². The summed E-state index contributed by atoms with van der Waals surface area (Å²) in [6.07, 6.45) is 67.5. The predicted molar refractivity (Wildman–Crippen MR) is 279 cm³/mol. The molecule has 65 heavy (non-hydrogen) atoms. The highest BCUT2D eigenvalue weighted by molar-refractivity contribution is 5.71. The van der Waals surface area contributed by atoms with Crippen molar-refractivity contribution in [3.63, 3.8) is 0 Å². The van der Waals surface area contributed by atoms with Crippen molar-refractivity contribution in [1.82, 2.24) is 0 Å². The first-order valence-corrected chi connectivity index (χ1v) is 27.4. The minimum absolute atomic E-state index is 0.0954. The summed E-state index contributed by atoms with van der Waals surface area (Å²) in [5, 5.41) is 0. The number of hydrogen-bond acceptors (Lipinski definition) is 6. The summed E-state index contributed by atoms with van der Waals surface area (Å²) in [5.74, 6) is -0.956. The molecule has 0 aliphatic carbocycles. The van der Waals surface area contributed by atoms with Crippen LogP contribution in [0.1, 0.15) is 265 Å². The lowest BCUT2D eigenvalue weighted by atomic mass is 10.0. The fourth-order valence-corrected chi connectivity index (χ4v) is 7.59. The van der Waals surface area contributed by atoms with Gasteiger partial charge < -0.3 is 14.2 Å². The average Bonchev–Trinajstić information content (AvgIpc) is 3.30. The molecule has 6 heteroatoms. The predicted octanol–water partition coefficient (Wildman–Crippen LogP) is 18.2. The molecule has 374 valence electrons. The molecular formula is C59H102O6. The second-order valence-corrected chi connectivity index (χ2v) is 18.1. The van der Waals surface area contributed by atoms with Gasteiger partial charge in [-0.05, 0) is 83.5 Å². The number of carbonyl (C=O) groups is 3. The molecule has 1 atom stereocenters. The van der Waals surface area contributed by atoms with E-state index in [2.05, 4.69) is 93.7 Å². The van der Waals surface area contributed by atoms with Gasteiger partial charge in [0.25, 0.3) is 0 Å². The van der Waals surface area contributed by atoms with Crippen molar-refractivity contribution in [3.8, 4) is 0 Å². The van der Waals surface area contributed by atoms with Gasteiger partial charge >= 0.3 is 17.9 Å². The van der Waals surface area contributed by atoms with E-state index in [0.717, 1.165) is 83.5 Å². The molecule has 0 saturated carbocycles. The number of hydrogen-bond donors (Lipinski definition) is 0. The van der Waals surface area contributed by atoms with Crippen molar-refractivity contribution < 1.29 is 28.6 Å². The molecule has 0 N–H and O–H groups in total. The van der Waals surface area contributed by atoms with Gasteiger partial charge in [0.1, 0.15) is 13.2 Å². The van der Waals surface area contributed by atoms with Crippen LogP contribution in [0.25, 0.3) is 0 Å². The molecule has 0 spiro atoms. The molecule has 0 rings (SSSR count). The zero-order valence-electron chi connectivity index (χ0n) is 42.7. The van der Waals surface area contributed by atoms with E-state index in [-0.39, 0.29) is 37.5 Å². The van der Waals surface area contributed by atoms with Gasteiger partial charge in [0.05, 0.1) is 0 Å². The van der Waals surface area contributed by atoms with E-state index >= 15 is 0 Å². The molecule has 0 unspecified atom stereocenters. The smallest absolute Gasteiger partial charge is 0.306 e. The summed E-state index contributed by atoms with van der Waals surface area (Å²) in [5.41, 5.74) is 0. The van der Waals surface area contributed by atoms with Crippen molar-refractivity contribution in [2.75, 3.05) is 13.2 Å². The third kappa shape index (κ3) is 51.7. The number of carbonyl (C=O) groups excluding carboxylic acids is 3. The van der Waals surface area contributed by atoms with Crippen LogP contribution in [0, 0.1) is 0 Å². The van der Waals surface area contributed by atoms with Gasteiger partial charge in [0, 0.05) is 19.3 Å². The van der Waals surface area contributed by atoms with Crippen molar-refractivity contribution in [2.45, 2.75) is 271 Å². The maximum absolute atomic E-state index is 12.8. The van der Waals surface area contributed by atoms with Crippen molar-refractivity contribution in [2.24, 2.45) is 0 Å². The van der Waals surface area contributed by atoms with Crippen molar-refractivity contribution in [3.05, 3.63) is 72.9 Å². The van der Waals surface area contributed by atoms with Crippen LogP contribution in [-0.2, 0) is 28.6 Å². The molecule has 0 heterocycles. The highest BCUT2D eigenvalue weighted by Crippen LogP contribution is 2.15. The molecule has 0 saturated heterocycles. The lowest BCUT2D eigenvalue weighted by Crippen LogP contribution is -2.30. The molecule has 0 amide bonds. The normalized spacial score (nSPS) is 12.6. The molecule has 0 aliphatic rings. The van der Waals surface area contributed by atoms with Gasteiger partial charge in [-0.15, -0.1) is 0 Å². The second-order valence-electron chi connectivity index (χ2n) is 18.1. The van der Waals surface area contributed by atoms with Crippen LogP contribution < -0.4 is 0 Å². The van der Waals surface area contributed by atoms with E-state index < -0.39 is 6.10 Å². The fraction of sp³-hybridized carbons (Fsp3) is 0.746. The summed E-state index contributed by atoms with van der Waals surface area (Å²) in [7, 11) is 0. The Hall–Kier alpha value is -3.15. The maximum atomic E-state index is 12.8. The highest BCUT2D eigenvalue weighted by atomic mass is 16.6. The summed E-state index contributed by atoms with van der Waals surface area (Å²) in [6.45, 7) is 6.48. The number of esters is 3. The molecule has 0 radical (unpaired) electrons. The minimum Gasteiger partial charge on any atom is -0.462 e. The van der Waals surface area contributed by atoms with Crippen LogP contribution in [0.4, 0.5) is 0 Å². The summed E-state index contributed by atoms with van der Waals surface area (Å²) >= 11 is 0. The highest BCUT2D eigenvalue weighted by Gasteiger charge is 2.19. The van der Waals surface area contributed by atoms with E-state index in [4.69, 9.17) is 14.2 Å². The third-order valence-electron chi connectivity index (χ3n) is 11.7. The van der Waals surface area contributed by atoms with Crippen LogP contribution in [-0.4, -0.2) is 37.2 Å². The summed E-state index contributed by atoms with van der Waals surface area (Å²) in [4.78, 5) is 38.1. The Kier molecular flexibility index (Phi) is 50.9. The van der Waals surface area contributed by atoms with Gasteiger partial charge in [0.2, 0.25) is 0 Å². The molecule has 0 aromatic carbocycles. The standard InChI is InChI=1S/C59H102O6/c1-4-7-10-13-16-19-22-25-28-29-32-34-37-40-43-46-49-52-58(61)64-55-56(65-59(62)53-50-47-44-41-38-35-31-27-24-21-18-15-12-9-6-3)54-63-57(60)51-48-45-42-39-36-33-30-26-23-20-17-14-11-8-5-2/h7,10,16,19,25-26,28,30,32,34,40,43,56H,4-6,8-9,11-15,17-18,20-24,27,29,31,33,35-39,41-42,44-55H2,1-3H3/b10-7-,19-16-,28-25-,30-26-,34-32-,43-40-/t56-/m0/s1. The zero-order chi connectivity index (χ0) is 47.2. The van der Waals surface area contributed by atoms with E-state index in [0.29, 0.717) is 19.3 Å². The Morgan fingerprint density at radius 3 is 1.02 bits per heavy atom. The first-order valence-electron chi connectivity index (χ1n) is 27.4. The monoisotopic (exact) mass is 907 g/mol. The molecule has 0 bridgehead atoms. The Balaban J connectivity index is 4.47. The van der Waals surface area contributed by atoms with Crippen LogP contribution >= 0.6 is 0 Å². The Bertz CT molecular complexity index is 1230. The largest absolute Gasteiger partial charge is 0.462 e. The van der Waals surface area contributed by atoms with E-state index in [9.17, 15) is 14.4 Å². The van der Waals surface area contributed by atoms with Crippen LogP contribution in [0.2, 0.25) is 0 Å². The fourth-order valence-electron chi connectivity index (χ4n) is 7.59. The molecule has 0 aromatic heterocycles. The Morgan fingerprint density at radius 2 is 0.615 bits per heavy atom. The van der Waals surface area contributed by atoms with E-state index in [1.807, 2.05) is 0 Å². The lowest BCUT2D eigenvalue weighted by molar-refractivity contribution is -0.167. The minimum atomic E-state index is -0.799. The quantitative estimate of drug-likeness (QED) is 0.0262. The molecular weight excluding hydrogens is 805 g/mol. The SMILES string of the molecule is CC/C=C\C/C=C\C/C=C\C/C=C\C/C=C\CCCC(=O)OC[C@H](COC(=O)CCCCCCC/C=C\CCCCCCCC)OC(=O)CCCCCCCCCCCCCCCCC. The average molecular weight is 907 g/mol. The maximum Gasteiger partial charge on any atom is 0.306 e. The van der Waals surface area contributed by atoms with Gasteiger partial charge in [-0.2, -0.15) is 0 Å². The zero-order valence-corrected chi connectivity index (χ0v) is 42.7. The number of allylic oxidation sites excluding steroid dienone is 12. The molecule has 0 fully saturated rings. The molecule has 6 nitrogen and oxygen atoms in total. The van der Waals surface area contributed by atoms with Crippen LogP contribution in [0.15, 0.2) is 72.9 Å². The number of unbranched alkanes of at least 4 members (excludes halogenated alkanes) is 26. The van der Waals surface area contributed by atoms with Crippen LogP contribution in [0.3, 0.4) is 0 Å².